The van der Waals surface area contributed by atoms with Crippen molar-refractivity contribution in [1.29, 1.82) is 0 Å². The smallest absolute Gasteiger partial charge is 0.317 e. The van der Waals surface area contributed by atoms with Crippen LogP contribution in [0.2, 0.25) is 0 Å². The number of halogens is 1. The minimum Gasteiger partial charge on any atom is -0.480 e. The van der Waals surface area contributed by atoms with E-state index in [0.717, 1.165) is 24.0 Å². The van der Waals surface area contributed by atoms with E-state index in [1.807, 2.05) is 11.8 Å². The molecular formula is C13H17ClN2O4. The molecule has 1 aromatic rings. The van der Waals surface area contributed by atoms with Gasteiger partial charge in [-0.1, -0.05) is 13.0 Å². The zero-order valence-electron chi connectivity index (χ0n) is 11.1. The lowest BCUT2D eigenvalue weighted by Crippen LogP contribution is -2.38. The van der Waals surface area contributed by atoms with Crippen LogP contribution in [0, 0.1) is 10.1 Å². The van der Waals surface area contributed by atoms with Gasteiger partial charge >= 0.3 is 5.97 Å². The van der Waals surface area contributed by atoms with E-state index in [9.17, 15) is 14.9 Å². The summed E-state index contributed by atoms with van der Waals surface area (Å²) >= 11 is 0. The van der Waals surface area contributed by atoms with Crippen LogP contribution < -0.4 is 0 Å². The van der Waals surface area contributed by atoms with Crippen LogP contribution in [0.3, 0.4) is 0 Å². The number of hydrogen-bond donors (Lipinski definition) is 1. The maximum atomic E-state index is 10.9. The summed E-state index contributed by atoms with van der Waals surface area (Å²) < 4.78 is 0. The van der Waals surface area contributed by atoms with Crippen LogP contribution in [-0.2, 0) is 11.2 Å². The number of non-ortho nitro benzene ring substituents is 1. The van der Waals surface area contributed by atoms with Crippen molar-refractivity contribution in [2.45, 2.75) is 25.8 Å². The van der Waals surface area contributed by atoms with Crippen LogP contribution in [0.1, 0.15) is 30.5 Å². The van der Waals surface area contributed by atoms with Gasteiger partial charge in [-0.15, -0.1) is 12.4 Å². The van der Waals surface area contributed by atoms with Crippen LogP contribution in [0.5, 0.6) is 0 Å². The predicted octanol–water partition coefficient (Wildman–Crippen LogP) is 2.41. The summed E-state index contributed by atoms with van der Waals surface area (Å²) in [5.74, 6) is -0.868. The number of nitro groups is 1. The zero-order chi connectivity index (χ0) is 14.0. The fourth-order valence-electron chi connectivity index (χ4n) is 2.69. The molecule has 6 nitrogen and oxygen atoms in total. The molecule has 2 rings (SSSR count). The maximum absolute atomic E-state index is 10.9. The SMILES string of the molecule is CCC1c2cc([N+](=O)[O-])ccc2CCN1CC(=O)O.Cl. The Bertz CT molecular complexity index is 521. The first-order chi connectivity index (χ1) is 9.02. The molecule has 0 aromatic heterocycles. The number of carboxylic acids is 1. The molecule has 110 valence electrons. The topological polar surface area (TPSA) is 83.7 Å². The number of rotatable bonds is 4. The largest absolute Gasteiger partial charge is 0.480 e. The Hall–Kier alpha value is -1.66. The summed E-state index contributed by atoms with van der Waals surface area (Å²) in [6.45, 7) is 2.61. The summed E-state index contributed by atoms with van der Waals surface area (Å²) in [5.41, 5.74) is 2.04. The summed E-state index contributed by atoms with van der Waals surface area (Å²) in [6.07, 6.45) is 1.47. The number of aliphatic carboxylic acids is 1. The Morgan fingerprint density at radius 1 is 1.55 bits per heavy atom. The molecule has 0 aliphatic carbocycles. The number of benzene rings is 1. The van der Waals surface area contributed by atoms with Crippen LogP contribution in [0.25, 0.3) is 0 Å². The van der Waals surface area contributed by atoms with Crippen molar-refractivity contribution in [2.75, 3.05) is 13.1 Å². The van der Waals surface area contributed by atoms with E-state index in [-0.39, 0.29) is 30.7 Å². The highest BCUT2D eigenvalue weighted by atomic mass is 35.5. The number of fused-ring (bicyclic) bond motifs is 1. The first kappa shape index (κ1) is 16.4. The molecule has 1 atom stereocenters. The highest BCUT2D eigenvalue weighted by molar-refractivity contribution is 5.85. The number of nitro benzene ring substituents is 1. The molecule has 1 aromatic carbocycles. The van der Waals surface area contributed by atoms with Crippen LogP contribution in [0.4, 0.5) is 5.69 Å². The maximum Gasteiger partial charge on any atom is 0.317 e. The highest BCUT2D eigenvalue weighted by Gasteiger charge is 2.28. The lowest BCUT2D eigenvalue weighted by Gasteiger charge is -2.35. The normalized spacial score (nSPS) is 17.9. The van der Waals surface area contributed by atoms with Crippen molar-refractivity contribution in [3.8, 4) is 0 Å². The summed E-state index contributed by atoms with van der Waals surface area (Å²) in [7, 11) is 0. The van der Waals surface area contributed by atoms with Gasteiger partial charge in [0.15, 0.2) is 0 Å². The molecule has 0 radical (unpaired) electrons. The second-order valence-electron chi connectivity index (χ2n) is 4.68. The number of carbonyl (C=O) groups is 1. The minimum atomic E-state index is -0.868. The molecule has 0 bridgehead atoms. The molecule has 1 aliphatic heterocycles. The molecule has 1 N–H and O–H groups in total. The first-order valence-electron chi connectivity index (χ1n) is 6.26. The minimum absolute atomic E-state index is 0. The lowest BCUT2D eigenvalue weighted by atomic mass is 9.90. The Labute approximate surface area is 123 Å². The fourth-order valence-corrected chi connectivity index (χ4v) is 2.69. The Morgan fingerprint density at radius 2 is 2.25 bits per heavy atom. The second kappa shape index (κ2) is 6.67. The van der Waals surface area contributed by atoms with Crippen LogP contribution in [-0.4, -0.2) is 34.0 Å². The summed E-state index contributed by atoms with van der Waals surface area (Å²) in [5, 5.41) is 19.8. The molecule has 0 spiro atoms. The van der Waals surface area contributed by atoms with Gasteiger partial charge in [-0.3, -0.25) is 19.8 Å². The predicted molar refractivity (Wildman–Crippen MR) is 76.3 cm³/mol. The van der Waals surface area contributed by atoms with Gasteiger partial charge in [0, 0.05) is 24.7 Å². The van der Waals surface area contributed by atoms with E-state index in [0.29, 0.717) is 6.54 Å². The van der Waals surface area contributed by atoms with Crippen molar-refractivity contribution in [3.63, 3.8) is 0 Å². The average molecular weight is 301 g/mol. The van der Waals surface area contributed by atoms with E-state index >= 15 is 0 Å². The molecule has 1 heterocycles. The Balaban J connectivity index is 0.00000200. The molecule has 1 unspecified atom stereocenters. The van der Waals surface area contributed by atoms with Gasteiger partial charge < -0.3 is 5.11 Å². The Kier molecular flexibility index (Phi) is 5.47. The quantitative estimate of drug-likeness (QED) is 0.682. The molecular weight excluding hydrogens is 284 g/mol. The lowest BCUT2D eigenvalue weighted by molar-refractivity contribution is -0.385. The van der Waals surface area contributed by atoms with Crippen molar-refractivity contribution in [1.82, 2.24) is 4.90 Å². The molecule has 20 heavy (non-hydrogen) atoms. The molecule has 7 heteroatoms. The van der Waals surface area contributed by atoms with Gasteiger partial charge in [0.05, 0.1) is 11.5 Å². The van der Waals surface area contributed by atoms with Gasteiger partial charge in [-0.05, 0) is 24.0 Å². The van der Waals surface area contributed by atoms with E-state index in [1.165, 1.54) is 6.07 Å². The number of hydrogen-bond acceptors (Lipinski definition) is 4. The van der Waals surface area contributed by atoms with Gasteiger partial charge in [-0.2, -0.15) is 0 Å². The van der Waals surface area contributed by atoms with Crippen molar-refractivity contribution < 1.29 is 14.8 Å². The fraction of sp³-hybridized carbons (Fsp3) is 0.462. The molecule has 0 fully saturated rings. The highest BCUT2D eigenvalue weighted by Crippen LogP contribution is 2.34. The van der Waals surface area contributed by atoms with Gasteiger partial charge in [-0.25, -0.2) is 0 Å². The van der Waals surface area contributed by atoms with Gasteiger partial charge in [0.2, 0.25) is 0 Å². The molecule has 0 saturated heterocycles. The first-order valence-corrected chi connectivity index (χ1v) is 6.26. The van der Waals surface area contributed by atoms with Crippen LogP contribution >= 0.6 is 12.4 Å². The van der Waals surface area contributed by atoms with E-state index in [2.05, 4.69) is 0 Å². The van der Waals surface area contributed by atoms with E-state index < -0.39 is 10.9 Å². The molecule has 0 amide bonds. The van der Waals surface area contributed by atoms with Gasteiger partial charge in [0.1, 0.15) is 0 Å². The Morgan fingerprint density at radius 3 is 2.80 bits per heavy atom. The number of carboxylic acid groups (broad SMARTS) is 1. The average Bonchev–Trinajstić information content (AvgIpc) is 2.37. The third-order valence-corrected chi connectivity index (χ3v) is 3.53. The summed E-state index contributed by atoms with van der Waals surface area (Å²) in [6, 6.07) is 4.82. The third kappa shape index (κ3) is 3.26. The zero-order valence-corrected chi connectivity index (χ0v) is 11.9. The van der Waals surface area contributed by atoms with Crippen molar-refractivity contribution in [3.05, 3.63) is 39.4 Å². The van der Waals surface area contributed by atoms with E-state index in [1.54, 1.807) is 12.1 Å². The van der Waals surface area contributed by atoms with Crippen LogP contribution in [0.15, 0.2) is 18.2 Å². The second-order valence-corrected chi connectivity index (χ2v) is 4.68. The third-order valence-electron chi connectivity index (χ3n) is 3.53. The summed E-state index contributed by atoms with van der Waals surface area (Å²) in [4.78, 5) is 23.2. The molecule has 0 saturated carbocycles. The molecule has 1 aliphatic rings. The van der Waals surface area contributed by atoms with E-state index in [4.69, 9.17) is 5.11 Å². The van der Waals surface area contributed by atoms with Gasteiger partial charge in [0.25, 0.3) is 5.69 Å². The van der Waals surface area contributed by atoms with Crippen molar-refractivity contribution in [2.24, 2.45) is 0 Å². The van der Waals surface area contributed by atoms with Crippen molar-refractivity contribution >= 4 is 24.1 Å². The monoisotopic (exact) mass is 300 g/mol. The standard InChI is InChI=1S/C13H16N2O4.ClH/c1-2-12-11-7-10(15(18)19)4-3-9(11)5-6-14(12)8-13(16)17;/h3-4,7,12H,2,5-6,8H2,1H3,(H,16,17);1H. The number of nitrogens with zero attached hydrogens (tertiary/aromatic N) is 2.